The van der Waals surface area contributed by atoms with Gasteiger partial charge >= 0.3 is 0 Å². The van der Waals surface area contributed by atoms with Gasteiger partial charge in [-0.2, -0.15) is 0 Å². The highest BCUT2D eigenvalue weighted by molar-refractivity contribution is 5.70. The number of anilines is 1. The van der Waals surface area contributed by atoms with Gasteiger partial charge in [0.05, 0.1) is 25.2 Å². The van der Waals surface area contributed by atoms with Gasteiger partial charge in [-0.15, -0.1) is 10.2 Å². The van der Waals surface area contributed by atoms with E-state index >= 15 is 0 Å². The molecule has 0 radical (unpaired) electrons. The Labute approximate surface area is 189 Å². The summed E-state index contributed by atoms with van der Waals surface area (Å²) in [5, 5.41) is 19.8. The van der Waals surface area contributed by atoms with Crippen LogP contribution in [0, 0.1) is 10.1 Å². The minimum atomic E-state index is -0.469. The highest BCUT2D eigenvalue weighted by atomic mass is 16.6. The molecule has 2 aromatic rings. The lowest BCUT2D eigenvalue weighted by molar-refractivity contribution is -0.384. The number of hydrogen-bond donors (Lipinski definition) is 0. The summed E-state index contributed by atoms with van der Waals surface area (Å²) in [6.45, 7) is 10.0. The molecular weight excluding hydrogens is 408 g/mol. The van der Waals surface area contributed by atoms with Gasteiger partial charge in [-0.05, 0) is 50.3 Å². The van der Waals surface area contributed by atoms with Crippen LogP contribution in [0.1, 0.15) is 58.4 Å². The van der Waals surface area contributed by atoms with Crippen LogP contribution in [0.3, 0.4) is 0 Å². The van der Waals surface area contributed by atoms with E-state index in [2.05, 4.69) is 48.9 Å². The first kappa shape index (κ1) is 23.5. The maximum Gasteiger partial charge on any atom is 0.273 e. The fraction of sp³-hybridized carbons (Fsp3) is 0.500. The number of benzene rings is 2. The quantitative estimate of drug-likeness (QED) is 0.252. The van der Waals surface area contributed by atoms with Crippen LogP contribution in [-0.2, 0) is 0 Å². The second-order valence-corrected chi connectivity index (χ2v) is 8.82. The highest BCUT2D eigenvalue weighted by Crippen LogP contribution is 2.48. The minimum Gasteiger partial charge on any atom is -0.494 e. The van der Waals surface area contributed by atoms with E-state index < -0.39 is 4.92 Å². The van der Waals surface area contributed by atoms with Crippen LogP contribution in [-0.4, -0.2) is 31.2 Å². The molecule has 0 saturated heterocycles. The number of nitrogens with zero attached hydrogens (tertiary/aromatic N) is 4. The van der Waals surface area contributed by atoms with Gasteiger partial charge in [0, 0.05) is 29.9 Å². The Morgan fingerprint density at radius 2 is 1.78 bits per heavy atom. The molecule has 1 aliphatic heterocycles. The van der Waals surface area contributed by atoms with E-state index in [1.807, 2.05) is 6.07 Å². The van der Waals surface area contributed by atoms with Gasteiger partial charge < -0.3 is 14.4 Å². The molecule has 1 unspecified atom stereocenters. The highest BCUT2D eigenvalue weighted by Gasteiger charge is 2.36. The molecule has 0 spiro atoms. The lowest BCUT2D eigenvalue weighted by Gasteiger charge is -2.48. The molecule has 0 amide bonds. The van der Waals surface area contributed by atoms with Crippen molar-refractivity contribution in [2.75, 3.05) is 25.7 Å². The van der Waals surface area contributed by atoms with E-state index in [4.69, 9.17) is 9.47 Å². The summed E-state index contributed by atoms with van der Waals surface area (Å²) < 4.78 is 10.9. The van der Waals surface area contributed by atoms with Gasteiger partial charge in [-0.25, -0.2) is 0 Å². The normalized spacial score (nSPS) is 17.3. The summed E-state index contributed by atoms with van der Waals surface area (Å²) in [5.74, 6) is 1.30. The summed E-state index contributed by atoms with van der Waals surface area (Å²) in [4.78, 5) is 13.0. The van der Waals surface area contributed by atoms with Crippen molar-refractivity contribution < 1.29 is 14.4 Å². The summed E-state index contributed by atoms with van der Waals surface area (Å²) in [5.41, 5.74) is 3.44. The standard InChI is InChI=1S/C24H32N4O4/c1-7-8-11-27-21-14-23(32-6)20(13-18(21)16(2)15-24(27,3)4)26-25-19-10-9-17(28(29)30)12-22(19)31-5/h9-10,12-14,16H,7-8,11,15H2,1-6H3/b26-25+. The van der Waals surface area contributed by atoms with Gasteiger partial charge in [0.15, 0.2) is 5.75 Å². The molecule has 0 N–H and O–H groups in total. The number of methoxy groups -OCH3 is 2. The fourth-order valence-electron chi connectivity index (χ4n) is 4.45. The van der Waals surface area contributed by atoms with Crippen LogP contribution in [0.4, 0.5) is 22.7 Å². The van der Waals surface area contributed by atoms with Crippen molar-refractivity contribution >= 4 is 22.7 Å². The van der Waals surface area contributed by atoms with Crippen molar-refractivity contribution in [3.05, 3.63) is 46.0 Å². The van der Waals surface area contributed by atoms with Crippen molar-refractivity contribution in [1.29, 1.82) is 0 Å². The molecule has 1 heterocycles. The Bertz CT molecular complexity index is 1020. The van der Waals surface area contributed by atoms with Gasteiger partial charge in [-0.3, -0.25) is 10.1 Å². The second kappa shape index (κ2) is 9.54. The van der Waals surface area contributed by atoms with Crippen LogP contribution >= 0.6 is 0 Å². The van der Waals surface area contributed by atoms with Crippen molar-refractivity contribution in [2.24, 2.45) is 10.2 Å². The van der Waals surface area contributed by atoms with Gasteiger partial charge in [0.1, 0.15) is 17.1 Å². The molecule has 8 heteroatoms. The molecule has 0 saturated carbocycles. The molecule has 0 bridgehead atoms. The Morgan fingerprint density at radius 1 is 1.12 bits per heavy atom. The Kier molecular flexibility index (Phi) is 7.01. The number of nitro groups is 1. The molecule has 0 aromatic heterocycles. The third-order valence-electron chi connectivity index (χ3n) is 6.06. The predicted molar refractivity (Wildman–Crippen MR) is 126 cm³/mol. The molecule has 172 valence electrons. The summed E-state index contributed by atoms with van der Waals surface area (Å²) >= 11 is 0. The zero-order valence-corrected chi connectivity index (χ0v) is 19.7. The zero-order valence-electron chi connectivity index (χ0n) is 19.7. The maximum absolute atomic E-state index is 11.0. The number of azo groups is 1. The van der Waals surface area contributed by atoms with Gasteiger partial charge in [0.25, 0.3) is 5.69 Å². The van der Waals surface area contributed by atoms with Crippen LogP contribution < -0.4 is 14.4 Å². The van der Waals surface area contributed by atoms with Crippen molar-refractivity contribution in [3.63, 3.8) is 0 Å². The molecular formula is C24H32N4O4. The van der Waals surface area contributed by atoms with E-state index in [1.54, 1.807) is 7.11 Å². The van der Waals surface area contributed by atoms with E-state index in [1.165, 1.54) is 36.6 Å². The first-order valence-corrected chi connectivity index (χ1v) is 11.0. The minimum absolute atomic E-state index is 0.0573. The van der Waals surface area contributed by atoms with Crippen LogP contribution in [0.2, 0.25) is 0 Å². The average Bonchev–Trinajstić information content (AvgIpc) is 2.76. The number of fused-ring (bicyclic) bond motifs is 1. The predicted octanol–water partition coefficient (Wildman–Crippen LogP) is 6.92. The lowest BCUT2D eigenvalue weighted by atomic mass is 9.79. The monoisotopic (exact) mass is 440 g/mol. The average molecular weight is 441 g/mol. The van der Waals surface area contributed by atoms with E-state index in [-0.39, 0.29) is 11.2 Å². The number of nitro benzene ring substituents is 1. The van der Waals surface area contributed by atoms with E-state index in [9.17, 15) is 10.1 Å². The number of non-ortho nitro benzene ring substituents is 1. The molecule has 1 aliphatic rings. The second-order valence-electron chi connectivity index (χ2n) is 8.82. The number of ether oxygens (including phenoxy) is 2. The zero-order chi connectivity index (χ0) is 23.5. The first-order valence-electron chi connectivity index (χ1n) is 11.0. The molecule has 2 aromatic carbocycles. The fourth-order valence-corrected chi connectivity index (χ4v) is 4.45. The first-order chi connectivity index (χ1) is 15.2. The molecule has 0 aliphatic carbocycles. The van der Waals surface area contributed by atoms with Crippen LogP contribution in [0.15, 0.2) is 40.6 Å². The summed E-state index contributed by atoms with van der Waals surface area (Å²) in [6.07, 6.45) is 3.31. The SMILES string of the molecule is CCCCN1c2cc(OC)c(/N=N/c3ccc([N+](=O)[O-])cc3OC)cc2C(C)CC1(C)C. The molecule has 8 nitrogen and oxygen atoms in total. The van der Waals surface area contributed by atoms with Crippen molar-refractivity contribution in [2.45, 2.75) is 58.4 Å². The Morgan fingerprint density at radius 3 is 2.41 bits per heavy atom. The van der Waals surface area contributed by atoms with Crippen molar-refractivity contribution in [3.8, 4) is 11.5 Å². The van der Waals surface area contributed by atoms with Crippen molar-refractivity contribution in [1.82, 2.24) is 0 Å². The summed E-state index contributed by atoms with van der Waals surface area (Å²) in [6, 6.07) is 8.37. The van der Waals surface area contributed by atoms with Gasteiger partial charge in [-0.1, -0.05) is 20.3 Å². The van der Waals surface area contributed by atoms with Crippen LogP contribution in [0.25, 0.3) is 0 Å². The Hall–Kier alpha value is -3.16. The third-order valence-corrected chi connectivity index (χ3v) is 6.06. The molecule has 32 heavy (non-hydrogen) atoms. The number of rotatable bonds is 8. The number of hydrogen-bond acceptors (Lipinski definition) is 7. The topological polar surface area (TPSA) is 89.6 Å². The summed E-state index contributed by atoms with van der Waals surface area (Å²) in [7, 11) is 3.08. The van der Waals surface area contributed by atoms with E-state index in [0.29, 0.717) is 28.8 Å². The maximum atomic E-state index is 11.0. The van der Waals surface area contributed by atoms with E-state index in [0.717, 1.165) is 25.8 Å². The number of unbranched alkanes of at least 4 members (excludes halogenated alkanes) is 1. The lowest BCUT2D eigenvalue weighted by Crippen LogP contribution is -2.48. The molecule has 0 fully saturated rings. The van der Waals surface area contributed by atoms with Gasteiger partial charge in [0.2, 0.25) is 0 Å². The van der Waals surface area contributed by atoms with Crippen LogP contribution in [0.5, 0.6) is 11.5 Å². The third kappa shape index (κ3) is 4.69. The Balaban J connectivity index is 2.03. The largest absolute Gasteiger partial charge is 0.494 e. The molecule has 3 rings (SSSR count). The molecule has 1 atom stereocenters. The smallest absolute Gasteiger partial charge is 0.273 e.